The molecule has 0 aliphatic heterocycles. The summed E-state index contributed by atoms with van der Waals surface area (Å²) in [5.74, 6) is -1.04. The molecule has 1 fully saturated rings. The van der Waals surface area contributed by atoms with Crippen molar-refractivity contribution in [1.82, 2.24) is 0 Å². The van der Waals surface area contributed by atoms with Crippen LogP contribution in [0.2, 0.25) is 0 Å². The first kappa shape index (κ1) is 17.8. The first-order valence-electron chi connectivity index (χ1n) is 8.10. The van der Waals surface area contributed by atoms with Crippen LogP contribution in [0.4, 0.5) is 0 Å². The second-order valence-corrected chi connectivity index (χ2v) is 6.35. The molecule has 0 saturated heterocycles. The maximum atomic E-state index is 12.5. The van der Waals surface area contributed by atoms with Gasteiger partial charge >= 0.3 is 11.9 Å². The Balaban J connectivity index is 2.17. The van der Waals surface area contributed by atoms with Crippen LogP contribution in [0.3, 0.4) is 0 Å². The lowest BCUT2D eigenvalue weighted by Gasteiger charge is -2.34. The van der Waals surface area contributed by atoms with E-state index >= 15 is 0 Å². The van der Waals surface area contributed by atoms with Gasteiger partial charge in [-0.25, -0.2) is 4.79 Å². The van der Waals surface area contributed by atoms with Crippen molar-refractivity contribution >= 4 is 23.5 Å². The molecule has 1 aromatic carbocycles. The van der Waals surface area contributed by atoms with Gasteiger partial charge < -0.3 is 9.47 Å². The number of hydrogen-bond acceptors (Lipinski definition) is 4. The highest BCUT2D eigenvalue weighted by atomic mass is 35.5. The van der Waals surface area contributed by atoms with E-state index < -0.39 is 22.9 Å². The summed E-state index contributed by atoms with van der Waals surface area (Å²) in [7, 11) is 0. The molecule has 5 heteroatoms. The summed E-state index contributed by atoms with van der Waals surface area (Å²) < 4.78 is 10.8. The van der Waals surface area contributed by atoms with Gasteiger partial charge in [-0.2, -0.15) is 0 Å². The summed E-state index contributed by atoms with van der Waals surface area (Å²) in [5, 5.41) is -0.926. The van der Waals surface area contributed by atoms with E-state index in [9.17, 15) is 9.59 Å². The minimum absolute atomic E-state index is 0.264. The van der Waals surface area contributed by atoms with Crippen LogP contribution in [0, 0.1) is 6.92 Å². The van der Waals surface area contributed by atoms with Crippen LogP contribution in [0.25, 0.3) is 0 Å². The topological polar surface area (TPSA) is 52.6 Å². The monoisotopic (exact) mass is 338 g/mol. The van der Waals surface area contributed by atoms with Crippen molar-refractivity contribution in [3.63, 3.8) is 0 Å². The smallest absolute Gasteiger partial charge is 0.350 e. The van der Waals surface area contributed by atoms with Crippen molar-refractivity contribution in [2.45, 2.75) is 56.9 Å². The van der Waals surface area contributed by atoms with Gasteiger partial charge in [0.15, 0.2) is 5.38 Å². The molecule has 0 aromatic heterocycles. The average Bonchev–Trinajstić information content (AvgIpc) is 2.55. The number of hydrogen-bond donors (Lipinski definition) is 0. The molecule has 2 rings (SSSR count). The molecule has 0 spiro atoms. The van der Waals surface area contributed by atoms with E-state index in [1.54, 1.807) is 13.0 Å². The van der Waals surface area contributed by atoms with Crippen LogP contribution in [0.15, 0.2) is 24.3 Å². The van der Waals surface area contributed by atoms with Crippen LogP contribution >= 0.6 is 11.6 Å². The third-order valence-corrected chi connectivity index (χ3v) is 4.69. The Kier molecular flexibility index (Phi) is 6.05. The van der Waals surface area contributed by atoms with Crippen molar-refractivity contribution in [3.05, 3.63) is 35.4 Å². The van der Waals surface area contributed by atoms with E-state index in [0.717, 1.165) is 24.8 Å². The number of carbonyl (C=O) groups is 2. The maximum absolute atomic E-state index is 12.5. The predicted molar refractivity (Wildman–Crippen MR) is 88.3 cm³/mol. The van der Waals surface area contributed by atoms with Crippen LogP contribution < -0.4 is 0 Å². The van der Waals surface area contributed by atoms with Crippen LogP contribution in [-0.4, -0.2) is 24.1 Å². The molecule has 0 heterocycles. The van der Waals surface area contributed by atoms with Gasteiger partial charge in [0.05, 0.1) is 6.61 Å². The van der Waals surface area contributed by atoms with Crippen molar-refractivity contribution in [3.8, 4) is 0 Å². The summed E-state index contributed by atoms with van der Waals surface area (Å²) in [5.41, 5.74) is 0.438. The van der Waals surface area contributed by atoms with Gasteiger partial charge in [0, 0.05) is 0 Å². The summed E-state index contributed by atoms with van der Waals surface area (Å²) in [6.45, 7) is 3.90. The fraction of sp³-hybridized carbons (Fsp3) is 0.556. The highest BCUT2D eigenvalue weighted by molar-refractivity contribution is 6.30. The molecule has 1 atom stereocenters. The van der Waals surface area contributed by atoms with Crippen molar-refractivity contribution in [1.29, 1.82) is 0 Å². The first-order chi connectivity index (χ1) is 11.0. The molecule has 0 N–H and O–H groups in total. The number of ether oxygens (including phenoxy) is 2. The fourth-order valence-electron chi connectivity index (χ4n) is 2.98. The van der Waals surface area contributed by atoms with Gasteiger partial charge in [-0.1, -0.05) is 30.7 Å². The van der Waals surface area contributed by atoms with Crippen molar-refractivity contribution in [2.24, 2.45) is 0 Å². The standard InChI is InChI=1S/C18H23ClO4/c1-3-22-17(21)18(11-7-4-8-12-18)23-16(20)15(19)14-10-6-5-9-13(14)2/h5-6,9-10,15H,3-4,7-8,11-12H2,1-2H3. The van der Waals surface area contributed by atoms with Gasteiger partial charge in [-0.15, -0.1) is 11.6 Å². The van der Waals surface area contributed by atoms with Crippen molar-refractivity contribution in [2.75, 3.05) is 6.61 Å². The van der Waals surface area contributed by atoms with Crippen molar-refractivity contribution < 1.29 is 19.1 Å². The molecule has 1 aliphatic rings. The lowest BCUT2D eigenvalue weighted by atomic mass is 9.84. The molecule has 1 saturated carbocycles. The SMILES string of the molecule is CCOC(=O)C1(OC(=O)C(Cl)c2ccccc2C)CCCCC1. The lowest BCUT2D eigenvalue weighted by molar-refractivity contribution is -0.186. The third kappa shape index (κ3) is 4.05. The first-order valence-corrected chi connectivity index (χ1v) is 8.53. The van der Waals surface area contributed by atoms with Crippen LogP contribution in [0.1, 0.15) is 55.5 Å². The van der Waals surface area contributed by atoms with Crippen LogP contribution in [-0.2, 0) is 19.1 Å². The molecule has 0 amide bonds. The third-order valence-electron chi connectivity index (χ3n) is 4.27. The Morgan fingerprint density at radius 2 is 1.87 bits per heavy atom. The Bertz CT molecular complexity index is 564. The Labute approximate surface area is 142 Å². The van der Waals surface area contributed by atoms with E-state index in [1.165, 1.54) is 0 Å². The fourth-order valence-corrected chi connectivity index (χ4v) is 3.27. The van der Waals surface area contributed by atoms with Gasteiger partial charge in [-0.3, -0.25) is 4.79 Å². The van der Waals surface area contributed by atoms with Gasteiger partial charge in [0.2, 0.25) is 5.60 Å². The second-order valence-electron chi connectivity index (χ2n) is 5.92. The highest BCUT2D eigenvalue weighted by Crippen LogP contribution is 2.36. The summed E-state index contributed by atoms with van der Waals surface area (Å²) in [4.78, 5) is 24.9. The lowest BCUT2D eigenvalue weighted by Crippen LogP contribution is -2.46. The average molecular weight is 339 g/mol. The van der Waals surface area contributed by atoms with E-state index in [2.05, 4.69) is 0 Å². The number of aryl methyl sites for hydroxylation is 1. The summed E-state index contributed by atoms with van der Waals surface area (Å²) in [6, 6.07) is 7.40. The molecule has 1 unspecified atom stereocenters. The summed E-state index contributed by atoms with van der Waals surface area (Å²) >= 11 is 6.30. The predicted octanol–water partition coefficient (Wildman–Crippen LogP) is 4.08. The summed E-state index contributed by atoms with van der Waals surface area (Å²) in [6.07, 6.45) is 3.69. The second kappa shape index (κ2) is 7.82. The van der Waals surface area contributed by atoms with Gasteiger partial charge in [0.1, 0.15) is 0 Å². The normalized spacial score (nSPS) is 18.0. The van der Waals surface area contributed by atoms with Gasteiger partial charge in [-0.05, 0) is 50.7 Å². The maximum Gasteiger partial charge on any atom is 0.350 e. The largest absolute Gasteiger partial charge is 0.463 e. The van der Waals surface area contributed by atoms with E-state index in [4.69, 9.17) is 21.1 Å². The van der Waals surface area contributed by atoms with E-state index in [-0.39, 0.29) is 6.61 Å². The molecule has 0 bridgehead atoms. The quantitative estimate of drug-likeness (QED) is 0.599. The molecular weight excluding hydrogens is 316 g/mol. The van der Waals surface area contributed by atoms with Crippen LogP contribution in [0.5, 0.6) is 0 Å². The Morgan fingerprint density at radius 1 is 1.22 bits per heavy atom. The minimum Gasteiger partial charge on any atom is -0.463 e. The Morgan fingerprint density at radius 3 is 2.48 bits per heavy atom. The minimum atomic E-state index is -1.18. The molecule has 1 aromatic rings. The number of rotatable bonds is 5. The number of esters is 2. The number of halogens is 1. The zero-order valence-corrected chi connectivity index (χ0v) is 14.4. The zero-order valence-electron chi connectivity index (χ0n) is 13.6. The number of carbonyl (C=O) groups excluding carboxylic acids is 2. The Hall–Kier alpha value is -1.55. The number of benzene rings is 1. The van der Waals surface area contributed by atoms with E-state index in [1.807, 2.05) is 25.1 Å². The van der Waals surface area contributed by atoms with E-state index in [0.29, 0.717) is 18.4 Å². The highest BCUT2D eigenvalue weighted by Gasteiger charge is 2.45. The molecule has 23 heavy (non-hydrogen) atoms. The molecule has 0 radical (unpaired) electrons. The molecular formula is C18H23ClO4. The molecule has 126 valence electrons. The van der Waals surface area contributed by atoms with Gasteiger partial charge in [0.25, 0.3) is 0 Å². The zero-order chi connectivity index (χ0) is 16.9. The molecule has 4 nitrogen and oxygen atoms in total. The molecule has 1 aliphatic carbocycles. The number of alkyl halides is 1.